The van der Waals surface area contributed by atoms with Crippen LogP contribution in [0.2, 0.25) is 10.0 Å². The lowest BCUT2D eigenvalue weighted by atomic mass is 10.2. The molecule has 0 unspecified atom stereocenters. The molecule has 0 aliphatic carbocycles. The van der Waals surface area contributed by atoms with Crippen molar-refractivity contribution in [3.8, 4) is 0 Å². The molecule has 0 heterocycles. The molecule has 0 aliphatic heterocycles. The van der Waals surface area contributed by atoms with Crippen LogP contribution in [0.4, 0.5) is 11.4 Å². The number of nitrogens with one attached hydrogen (secondary N) is 2. The Morgan fingerprint density at radius 3 is 2.19 bits per heavy atom. The zero-order valence-electron chi connectivity index (χ0n) is 13.8. The van der Waals surface area contributed by atoms with E-state index in [4.69, 9.17) is 23.2 Å². The van der Waals surface area contributed by atoms with E-state index in [2.05, 4.69) is 10.0 Å². The van der Waals surface area contributed by atoms with E-state index in [0.717, 1.165) is 0 Å². The first-order valence-corrected chi connectivity index (χ1v) is 10.0. The lowest BCUT2D eigenvalue weighted by molar-refractivity contribution is 0.102. The first-order valence-electron chi connectivity index (χ1n) is 7.79. The maximum absolute atomic E-state index is 12.3. The molecule has 0 bridgehead atoms. The van der Waals surface area contributed by atoms with Gasteiger partial charge in [0, 0.05) is 16.3 Å². The van der Waals surface area contributed by atoms with Crippen LogP contribution in [0, 0.1) is 0 Å². The molecule has 0 spiro atoms. The van der Waals surface area contributed by atoms with Gasteiger partial charge in [0.15, 0.2) is 0 Å². The first kappa shape index (κ1) is 19.2. The Morgan fingerprint density at radius 2 is 1.52 bits per heavy atom. The van der Waals surface area contributed by atoms with Crippen LogP contribution in [0.25, 0.3) is 0 Å². The Labute approximate surface area is 167 Å². The molecule has 0 aromatic heterocycles. The van der Waals surface area contributed by atoms with Gasteiger partial charge in [0.05, 0.1) is 15.6 Å². The number of benzene rings is 3. The number of halogens is 2. The number of amides is 1. The van der Waals surface area contributed by atoms with Gasteiger partial charge < -0.3 is 5.32 Å². The number of hydrogen-bond donors (Lipinski definition) is 2. The van der Waals surface area contributed by atoms with Crippen molar-refractivity contribution >= 4 is 50.5 Å². The quantitative estimate of drug-likeness (QED) is 0.606. The molecule has 3 aromatic carbocycles. The SMILES string of the molecule is O=C(Nc1cc(Cl)ccc1Cl)c1ccc(NS(=O)(=O)c2ccccc2)cc1. The van der Waals surface area contributed by atoms with Crippen LogP contribution >= 0.6 is 23.2 Å². The predicted molar refractivity (Wildman–Crippen MR) is 108 cm³/mol. The zero-order valence-corrected chi connectivity index (χ0v) is 16.1. The van der Waals surface area contributed by atoms with Crippen molar-refractivity contribution in [2.24, 2.45) is 0 Å². The summed E-state index contributed by atoms with van der Waals surface area (Å²) in [4.78, 5) is 12.5. The minimum atomic E-state index is -3.69. The Bertz CT molecular complexity index is 1070. The van der Waals surface area contributed by atoms with Crippen LogP contribution in [0.15, 0.2) is 77.7 Å². The Kier molecular flexibility index (Phi) is 5.70. The lowest BCUT2D eigenvalue weighted by Gasteiger charge is -2.10. The van der Waals surface area contributed by atoms with Gasteiger partial charge in [-0.05, 0) is 54.6 Å². The molecule has 138 valence electrons. The van der Waals surface area contributed by atoms with E-state index in [9.17, 15) is 13.2 Å². The van der Waals surface area contributed by atoms with Crippen molar-refractivity contribution in [3.05, 3.63) is 88.4 Å². The molecule has 3 aromatic rings. The molecule has 2 N–H and O–H groups in total. The van der Waals surface area contributed by atoms with Crippen LogP contribution in [0.5, 0.6) is 0 Å². The molecule has 0 atom stereocenters. The Morgan fingerprint density at radius 1 is 0.852 bits per heavy atom. The fourth-order valence-electron chi connectivity index (χ4n) is 2.29. The average molecular weight is 421 g/mol. The molecule has 1 amide bonds. The van der Waals surface area contributed by atoms with Crippen LogP contribution in [-0.4, -0.2) is 14.3 Å². The van der Waals surface area contributed by atoms with Gasteiger partial charge in [-0.2, -0.15) is 0 Å². The van der Waals surface area contributed by atoms with Gasteiger partial charge in [-0.15, -0.1) is 0 Å². The molecule has 27 heavy (non-hydrogen) atoms. The normalized spacial score (nSPS) is 11.0. The summed E-state index contributed by atoms with van der Waals surface area (Å²) in [7, 11) is -3.69. The van der Waals surface area contributed by atoms with E-state index >= 15 is 0 Å². The van der Waals surface area contributed by atoms with E-state index in [-0.39, 0.29) is 4.90 Å². The van der Waals surface area contributed by atoms with Gasteiger partial charge >= 0.3 is 0 Å². The fourth-order valence-corrected chi connectivity index (χ4v) is 3.71. The topological polar surface area (TPSA) is 75.3 Å². The van der Waals surface area contributed by atoms with Crippen LogP contribution in [-0.2, 0) is 10.0 Å². The van der Waals surface area contributed by atoms with E-state index in [1.807, 2.05) is 0 Å². The standard InChI is InChI=1S/C19H14Cl2N2O3S/c20-14-8-11-17(21)18(12-14)22-19(24)13-6-9-15(10-7-13)23-27(25,26)16-4-2-1-3-5-16/h1-12,23H,(H,22,24). The summed E-state index contributed by atoms with van der Waals surface area (Å²) in [6.07, 6.45) is 0. The predicted octanol–water partition coefficient (Wildman–Crippen LogP) is 5.05. The first-order chi connectivity index (χ1) is 12.8. The van der Waals surface area contributed by atoms with Crippen molar-refractivity contribution in [2.45, 2.75) is 4.90 Å². The summed E-state index contributed by atoms with van der Waals surface area (Å²) in [5, 5.41) is 3.47. The van der Waals surface area contributed by atoms with Gasteiger partial charge in [-0.25, -0.2) is 8.42 Å². The highest BCUT2D eigenvalue weighted by atomic mass is 35.5. The summed E-state index contributed by atoms with van der Waals surface area (Å²) < 4.78 is 27.1. The Hall–Kier alpha value is -2.54. The smallest absolute Gasteiger partial charge is 0.261 e. The maximum atomic E-state index is 12.3. The molecule has 0 fully saturated rings. The zero-order chi connectivity index (χ0) is 19.4. The second-order valence-corrected chi connectivity index (χ2v) is 8.10. The summed E-state index contributed by atoms with van der Waals surface area (Å²) in [5.41, 5.74) is 1.08. The molecule has 3 rings (SSSR count). The lowest BCUT2D eigenvalue weighted by Crippen LogP contribution is -2.14. The van der Waals surface area contributed by atoms with E-state index in [1.54, 1.807) is 36.4 Å². The van der Waals surface area contributed by atoms with Crippen molar-refractivity contribution in [3.63, 3.8) is 0 Å². The number of anilines is 2. The van der Waals surface area contributed by atoms with E-state index < -0.39 is 15.9 Å². The third-order valence-corrected chi connectivity index (χ3v) is 5.59. The van der Waals surface area contributed by atoms with E-state index in [1.165, 1.54) is 36.4 Å². The molecular weight excluding hydrogens is 407 g/mol. The van der Waals surface area contributed by atoms with Gasteiger partial charge in [-0.3, -0.25) is 9.52 Å². The van der Waals surface area contributed by atoms with Gasteiger partial charge in [0.25, 0.3) is 15.9 Å². The number of carbonyl (C=O) groups excluding carboxylic acids is 1. The maximum Gasteiger partial charge on any atom is 0.261 e. The Balaban J connectivity index is 1.73. The van der Waals surface area contributed by atoms with Gasteiger partial charge in [0.1, 0.15) is 0 Å². The highest BCUT2D eigenvalue weighted by molar-refractivity contribution is 7.92. The summed E-state index contributed by atoms with van der Waals surface area (Å²) in [5.74, 6) is -0.392. The highest BCUT2D eigenvalue weighted by Crippen LogP contribution is 2.26. The molecule has 0 aliphatic rings. The fraction of sp³-hybridized carbons (Fsp3) is 0. The minimum absolute atomic E-state index is 0.155. The second-order valence-electron chi connectivity index (χ2n) is 5.57. The van der Waals surface area contributed by atoms with Crippen LogP contribution < -0.4 is 10.0 Å². The molecule has 8 heteroatoms. The third kappa shape index (κ3) is 4.80. The highest BCUT2D eigenvalue weighted by Gasteiger charge is 2.14. The number of rotatable bonds is 5. The molecule has 0 saturated heterocycles. The third-order valence-electron chi connectivity index (χ3n) is 3.63. The summed E-state index contributed by atoms with van der Waals surface area (Å²) >= 11 is 11.9. The minimum Gasteiger partial charge on any atom is -0.321 e. The molecular formula is C19H14Cl2N2O3S. The van der Waals surface area contributed by atoms with Gasteiger partial charge in [-0.1, -0.05) is 41.4 Å². The monoisotopic (exact) mass is 420 g/mol. The largest absolute Gasteiger partial charge is 0.321 e. The summed E-state index contributed by atoms with van der Waals surface area (Å²) in [6, 6.07) is 18.8. The van der Waals surface area contributed by atoms with Gasteiger partial charge in [0.2, 0.25) is 0 Å². The average Bonchev–Trinajstić information content (AvgIpc) is 2.66. The summed E-state index contributed by atoms with van der Waals surface area (Å²) in [6.45, 7) is 0. The molecule has 0 saturated carbocycles. The van der Waals surface area contributed by atoms with Crippen molar-refractivity contribution < 1.29 is 13.2 Å². The van der Waals surface area contributed by atoms with E-state index in [0.29, 0.717) is 27.0 Å². The number of carbonyl (C=O) groups is 1. The second kappa shape index (κ2) is 8.00. The molecule has 0 radical (unpaired) electrons. The van der Waals surface area contributed by atoms with Crippen molar-refractivity contribution in [2.75, 3.05) is 10.0 Å². The number of sulfonamides is 1. The van der Waals surface area contributed by atoms with Crippen LogP contribution in [0.3, 0.4) is 0 Å². The van der Waals surface area contributed by atoms with Crippen molar-refractivity contribution in [1.29, 1.82) is 0 Å². The van der Waals surface area contributed by atoms with Crippen molar-refractivity contribution in [1.82, 2.24) is 0 Å². The number of hydrogen-bond acceptors (Lipinski definition) is 3. The van der Waals surface area contributed by atoms with Crippen LogP contribution in [0.1, 0.15) is 10.4 Å². The molecule has 5 nitrogen and oxygen atoms in total.